The van der Waals surface area contributed by atoms with Crippen LogP contribution in [0.4, 0.5) is 5.69 Å². The number of non-ortho nitro benzene ring substituents is 1. The minimum Gasteiger partial charge on any atom is -0.428 e. The minimum absolute atomic E-state index is 0.0801. The third-order valence-corrected chi connectivity index (χ3v) is 2.10. The summed E-state index contributed by atoms with van der Waals surface area (Å²) in [6, 6.07) is 5.83. The zero-order valence-corrected chi connectivity index (χ0v) is 7.89. The Morgan fingerprint density at radius 2 is 2.07 bits per heavy atom. The molecule has 0 bridgehead atoms. The normalized spacial score (nSPS) is 10.5. The van der Waals surface area contributed by atoms with Crippen LogP contribution in [0.3, 0.4) is 0 Å². The number of nitro groups is 1. The largest absolute Gasteiger partial charge is 0.428 e. The van der Waals surface area contributed by atoms with Crippen LogP contribution in [0.5, 0.6) is 0 Å². The van der Waals surface area contributed by atoms with Crippen LogP contribution in [0.1, 0.15) is 5.76 Å². The summed E-state index contributed by atoms with van der Waals surface area (Å²) in [6.45, 7) is 1.58. The molecular formula is C10H7NO4. The highest BCUT2D eigenvalue weighted by atomic mass is 16.6. The van der Waals surface area contributed by atoms with Gasteiger partial charge in [-0.3, -0.25) is 10.1 Å². The van der Waals surface area contributed by atoms with E-state index in [1.54, 1.807) is 6.92 Å². The molecule has 0 fully saturated rings. The molecule has 0 amide bonds. The number of nitrogens with zero attached hydrogens (tertiary/aromatic N) is 1. The first-order valence-electron chi connectivity index (χ1n) is 4.27. The smallest absolute Gasteiger partial charge is 0.344 e. The van der Waals surface area contributed by atoms with Crippen LogP contribution in [-0.2, 0) is 0 Å². The second-order valence-electron chi connectivity index (χ2n) is 3.14. The first-order valence-corrected chi connectivity index (χ1v) is 4.27. The number of rotatable bonds is 1. The zero-order chi connectivity index (χ0) is 11.0. The predicted molar refractivity (Wildman–Crippen MR) is 53.9 cm³/mol. The van der Waals surface area contributed by atoms with E-state index < -0.39 is 10.5 Å². The maximum absolute atomic E-state index is 11.4. The van der Waals surface area contributed by atoms with Gasteiger partial charge in [0.2, 0.25) is 0 Å². The first-order chi connectivity index (χ1) is 7.09. The van der Waals surface area contributed by atoms with Crippen molar-refractivity contribution in [1.82, 2.24) is 0 Å². The Kier molecular flexibility index (Phi) is 2.00. The van der Waals surface area contributed by atoms with Crippen LogP contribution in [0.15, 0.2) is 33.5 Å². The third kappa shape index (κ3) is 1.48. The summed E-state index contributed by atoms with van der Waals surface area (Å²) >= 11 is 0. The van der Waals surface area contributed by atoms with Crippen molar-refractivity contribution in [3.63, 3.8) is 0 Å². The number of hydrogen-bond acceptors (Lipinski definition) is 4. The molecule has 76 valence electrons. The summed E-state index contributed by atoms with van der Waals surface area (Å²) in [5.74, 6) is 0.363. The lowest BCUT2D eigenvalue weighted by Gasteiger charge is -1.98. The van der Waals surface area contributed by atoms with E-state index in [4.69, 9.17) is 4.42 Å². The highest BCUT2D eigenvalue weighted by Crippen LogP contribution is 2.23. The van der Waals surface area contributed by atoms with Crippen LogP contribution in [0, 0.1) is 17.0 Å². The molecule has 2 aromatic rings. The van der Waals surface area contributed by atoms with Gasteiger partial charge < -0.3 is 4.42 Å². The van der Waals surface area contributed by atoms with Crippen LogP contribution in [-0.4, -0.2) is 4.92 Å². The predicted octanol–water partition coefficient (Wildman–Crippen LogP) is 2.01. The summed E-state index contributed by atoms with van der Waals surface area (Å²) < 4.78 is 4.85. The van der Waals surface area contributed by atoms with E-state index in [0.29, 0.717) is 11.1 Å². The molecule has 0 saturated carbocycles. The molecule has 0 N–H and O–H groups in total. The Labute approximate surface area is 84.1 Å². The number of benzene rings is 1. The fourth-order valence-corrected chi connectivity index (χ4v) is 1.48. The van der Waals surface area contributed by atoms with Gasteiger partial charge in [0.15, 0.2) is 0 Å². The van der Waals surface area contributed by atoms with Crippen LogP contribution >= 0.6 is 0 Å². The first kappa shape index (κ1) is 9.39. The van der Waals surface area contributed by atoms with Gasteiger partial charge >= 0.3 is 5.63 Å². The second kappa shape index (κ2) is 3.20. The van der Waals surface area contributed by atoms with E-state index in [2.05, 4.69) is 0 Å². The van der Waals surface area contributed by atoms with E-state index in [9.17, 15) is 14.9 Å². The molecule has 0 aliphatic carbocycles. The van der Waals surface area contributed by atoms with Crippen molar-refractivity contribution < 1.29 is 9.34 Å². The van der Waals surface area contributed by atoms with Crippen LogP contribution in [0.2, 0.25) is 0 Å². The van der Waals surface area contributed by atoms with Crippen molar-refractivity contribution in [2.24, 2.45) is 0 Å². The van der Waals surface area contributed by atoms with Crippen molar-refractivity contribution in [3.05, 3.63) is 50.6 Å². The Hall–Kier alpha value is -2.17. The molecule has 0 unspecified atom stereocenters. The zero-order valence-electron chi connectivity index (χ0n) is 7.89. The number of hydrogen-bond donors (Lipinski definition) is 0. The molecule has 0 atom stereocenters. The molecule has 1 aromatic heterocycles. The van der Waals surface area contributed by atoms with Gasteiger partial charge in [-0.05, 0) is 19.1 Å². The summed E-state index contributed by atoms with van der Waals surface area (Å²) in [6.07, 6.45) is 0. The average Bonchev–Trinajstić information content (AvgIpc) is 2.16. The van der Waals surface area contributed by atoms with Crippen molar-refractivity contribution >= 4 is 16.5 Å². The van der Waals surface area contributed by atoms with Gasteiger partial charge in [-0.15, -0.1) is 0 Å². The van der Waals surface area contributed by atoms with Crippen LogP contribution < -0.4 is 5.63 Å². The lowest BCUT2D eigenvalue weighted by atomic mass is 10.1. The van der Waals surface area contributed by atoms with E-state index >= 15 is 0 Å². The Balaban J connectivity index is 2.97. The number of fused-ring (bicyclic) bond motifs is 1. The lowest BCUT2D eigenvalue weighted by Crippen LogP contribution is -2.01. The molecule has 0 saturated heterocycles. The average molecular weight is 205 g/mol. The molecular weight excluding hydrogens is 198 g/mol. The highest BCUT2D eigenvalue weighted by Gasteiger charge is 2.13. The lowest BCUT2D eigenvalue weighted by molar-refractivity contribution is -0.383. The fourth-order valence-electron chi connectivity index (χ4n) is 1.48. The maximum Gasteiger partial charge on any atom is 0.344 e. The molecule has 1 heterocycles. The van der Waals surface area contributed by atoms with E-state index in [-0.39, 0.29) is 11.1 Å². The summed E-state index contributed by atoms with van der Waals surface area (Å²) in [5, 5.41) is 11.3. The number of nitro benzene ring substituents is 1. The molecule has 0 spiro atoms. The molecule has 5 nitrogen and oxygen atoms in total. The second-order valence-corrected chi connectivity index (χ2v) is 3.14. The van der Waals surface area contributed by atoms with Gasteiger partial charge in [-0.1, -0.05) is 6.07 Å². The summed E-state index contributed by atoms with van der Waals surface area (Å²) in [4.78, 5) is 21.6. The third-order valence-electron chi connectivity index (χ3n) is 2.10. The summed E-state index contributed by atoms with van der Waals surface area (Å²) in [5.41, 5.74) is -0.628. The van der Waals surface area contributed by atoms with Gasteiger partial charge in [0.05, 0.1) is 15.7 Å². The summed E-state index contributed by atoms with van der Waals surface area (Å²) in [7, 11) is 0. The molecule has 15 heavy (non-hydrogen) atoms. The standard InChI is InChI=1S/C10H7NO4/c1-6-5-8-7(10(12)15-6)3-2-4-9(8)11(13)14/h2-5H,1H3. The van der Waals surface area contributed by atoms with E-state index in [0.717, 1.165) is 0 Å². The molecule has 1 aromatic carbocycles. The molecule has 0 aliphatic rings. The van der Waals surface area contributed by atoms with E-state index in [1.165, 1.54) is 24.3 Å². The highest BCUT2D eigenvalue weighted by molar-refractivity contribution is 5.89. The monoisotopic (exact) mass is 205 g/mol. The maximum atomic E-state index is 11.4. The Morgan fingerprint density at radius 1 is 1.33 bits per heavy atom. The van der Waals surface area contributed by atoms with Crippen molar-refractivity contribution in [3.8, 4) is 0 Å². The van der Waals surface area contributed by atoms with Gasteiger partial charge in [0, 0.05) is 6.07 Å². The number of aryl methyl sites for hydroxylation is 1. The van der Waals surface area contributed by atoms with Gasteiger partial charge in [-0.2, -0.15) is 0 Å². The van der Waals surface area contributed by atoms with Gasteiger partial charge in [0.1, 0.15) is 5.76 Å². The van der Waals surface area contributed by atoms with Crippen LogP contribution in [0.25, 0.3) is 10.8 Å². The molecule has 0 radical (unpaired) electrons. The Bertz CT molecular complexity index is 600. The van der Waals surface area contributed by atoms with Crippen molar-refractivity contribution in [1.29, 1.82) is 0 Å². The topological polar surface area (TPSA) is 73.3 Å². The van der Waals surface area contributed by atoms with Gasteiger partial charge in [0.25, 0.3) is 5.69 Å². The van der Waals surface area contributed by atoms with Crippen molar-refractivity contribution in [2.45, 2.75) is 6.92 Å². The SMILES string of the molecule is Cc1cc2c([N+](=O)[O-])cccc2c(=O)o1. The van der Waals surface area contributed by atoms with Crippen molar-refractivity contribution in [2.75, 3.05) is 0 Å². The molecule has 5 heteroatoms. The minimum atomic E-state index is -0.547. The molecule has 2 rings (SSSR count). The Morgan fingerprint density at radius 3 is 2.73 bits per heavy atom. The molecule has 0 aliphatic heterocycles. The quantitative estimate of drug-likeness (QED) is 0.527. The fraction of sp³-hybridized carbons (Fsp3) is 0.100. The van der Waals surface area contributed by atoms with Gasteiger partial charge in [-0.25, -0.2) is 4.79 Å². The van der Waals surface area contributed by atoms with E-state index in [1.807, 2.05) is 0 Å².